The predicted molar refractivity (Wildman–Crippen MR) is 67.3 cm³/mol. The van der Waals surface area contributed by atoms with Crippen LogP contribution in [0.3, 0.4) is 0 Å². The molecule has 2 nitrogen and oxygen atoms in total. The van der Waals surface area contributed by atoms with Crippen molar-refractivity contribution in [2.75, 3.05) is 0 Å². The molecule has 2 aromatic rings. The lowest BCUT2D eigenvalue weighted by Gasteiger charge is -2.22. The Morgan fingerprint density at radius 3 is 2.63 bits per heavy atom. The second-order valence-electron chi connectivity index (χ2n) is 4.61. The van der Waals surface area contributed by atoms with Gasteiger partial charge in [0.1, 0.15) is 0 Å². The van der Waals surface area contributed by atoms with Crippen LogP contribution in [0.5, 0.6) is 0 Å². The molecule has 0 aliphatic carbocycles. The van der Waals surface area contributed by atoms with Crippen molar-refractivity contribution < 1.29 is 8.78 Å². The van der Waals surface area contributed by atoms with Crippen LogP contribution in [0.15, 0.2) is 42.7 Å². The molecule has 0 aliphatic heterocycles. The van der Waals surface area contributed by atoms with Crippen molar-refractivity contribution in [2.45, 2.75) is 18.8 Å². The first-order valence-electron chi connectivity index (χ1n) is 5.81. The highest BCUT2D eigenvalue weighted by Gasteiger charge is 2.28. The minimum absolute atomic E-state index is 0.391. The maximum Gasteiger partial charge on any atom is 0.159 e. The van der Waals surface area contributed by atoms with Gasteiger partial charge in [-0.05, 0) is 42.7 Å². The molecule has 4 heteroatoms. The second kappa shape index (κ2) is 5.15. The Labute approximate surface area is 110 Å². The van der Waals surface area contributed by atoms with Gasteiger partial charge in [0.05, 0.1) is 11.5 Å². The van der Waals surface area contributed by atoms with Gasteiger partial charge in [0, 0.05) is 12.4 Å². The van der Waals surface area contributed by atoms with Gasteiger partial charge in [-0.25, -0.2) is 8.78 Å². The van der Waals surface area contributed by atoms with Crippen molar-refractivity contribution in [3.63, 3.8) is 0 Å². The molecule has 0 fully saturated rings. The van der Waals surface area contributed by atoms with Crippen molar-refractivity contribution in [3.05, 3.63) is 65.5 Å². The number of nitriles is 1. The molecular formula is C15H12F2N2. The first-order chi connectivity index (χ1) is 9.05. The summed E-state index contributed by atoms with van der Waals surface area (Å²) in [6, 6.07) is 9.36. The van der Waals surface area contributed by atoms with E-state index in [0.29, 0.717) is 12.0 Å². The Hall–Kier alpha value is -2.28. The van der Waals surface area contributed by atoms with Gasteiger partial charge < -0.3 is 0 Å². The Morgan fingerprint density at radius 1 is 1.26 bits per heavy atom. The molecule has 1 aromatic heterocycles. The van der Waals surface area contributed by atoms with Crippen LogP contribution in [-0.2, 0) is 11.8 Å². The van der Waals surface area contributed by atoms with Crippen LogP contribution >= 0.6 is 0 Å². The summed E-state index contributed by atoms with van der Waals surface area (Å²) < 4.78 is 26.2. The van der Waals surface area contributed by atoms with Gasteiger partial charge in [-0.3, -0.25) is 4.98 Å². The summed E-state index contributed by atoms with van der Waals surface area (Å²) in [5.41, 5.74) is 0.409. The number of benzene rings is 1. The summed E-state index contributed by atoms with van der Waals surface area (Å²) in [5.74, 6) is -1.85. The van der Waals surface area contributed by atoms with E-state index in [9.17, 15) is 14.0 Å². The van der Waals surface area contributed by atoms with Crippen molar-refractivity contribution in [3.8, 4) is 6.07 Å². The van der Waals surface area contributed by atoms with E-state index in [1.807, 2.05) is 6.07 Å². The minimum Gasteiger partial charge on any atom is -0.264 e. The fourth-order valence-corrected chi connectivity index (χ4v) is 1.96. The zero-order valence-corrected chi connectivity index (χ0v) is 10.4. The average molecular weight is 258 g/mol. The van der Waals surface area contributed by atoms with E-state index in [0.717, 1.165) is 17.7 Å². The molecule has 1 aromatic carbocycles. The molecule has 0 aliphatic rings. The van der Waals surface area contributed by atoms with Gasteiger partial charge in [0.15, 0.2) is 11.6 Å². The zero-order valence-electron chi connectivity index (χ0n) is 10.4. The largest absolute Gasteiger partial charge is 0.264 e. The summed E-state index contributed by atoms with van der Waals surface area (Å²) in [6.07, 6.45) is 3.70. The SMILES string of the molecule is CC(C#N)(Cc1cccnc1)c1ccc(F)c(F)c1. The number of pyridine rings is 1. The molecule has 0 bridgehead atoms. The molecule has 2 rings (SSSR count). The lowest BCUT2D eigenvalue weighted by Crippen LogP contribution is -2.23. The number of hydrogen-bond acceptors (Lipinski definition) is 2. The van der Waals surface area contributed by atoms with Gasteiger partial charge >= 0.3 is 0 Å². The molecule has 1 unspecified atom stereocenters. The molecule has 0 spiro atoms. The van der Waals surface area contributed by atoms with Crippen LogP contribution in [0, 0.1) is 23.0 Å². The fraction of sp³-hybridized carbons (Fsp3) is 0.200. The predicted octanol–water partition coefficient (Wildman–Crippen LogP) is 3.38. The number of hydrogen-bond donors (Lipinski definition) is 0. The number of halogens is 2. The van der Waals surface area contributed by atoms with Crippen LogP contribution in [0.25, 0.3) is 0 Å². The standard InChI is InChI=1S/C15H12F2N2/c1-15(10-18,8-11-3-2-6-19-9-11)12-4-5-13(16)14(17)7-12/h2-7,9H,8H2,1H3. The number of nitrogens with zero attached hydrogens (tertiary/aromatic N) is 2. The Bertz CT molecular complexity index is 620. The smallest absolute Gasteiger partial charge is 0.159 e. The molecule has 19 heavy (non-hydrogen) atoms. The van der Waals surface area contributed by atoms with E-state index in [4.69, 9.17) is 0 Å². The first kappa shape index (κ1) is 13.2. The molecule has 1 atom stereocenters. The minimum atomic E-state index is -0.940. The zero-order chi connectivity index (χ0) is 13.9. The lowest BCUT2D eigenvalue weighted by molar-refractivity contribution is 0.500. The van der Waals surface area contributed by atoms with Crippen molar-refractivity contribution in [1.29, 1.82) is 5.26 Å². The van der Waals surface area contributed by atoms with E-state index in [1.54, 1.807) is 25.4 Å². The third-order valence-corrected chi connectivity index (χ3v) is 3.08. The van der Waals surface area contributed by atoms with Gasteiger partial charge in [-0.1, -0.05) is 12.1 Å². The highest BCUT2D eigenvalue weighted by Crippen LogP contribution is 2.28. The molecule has 0 radical (unpaired) electrons. The molecule has 96 valence electrons. The van der Waals surface area contributed by atoms with E-state index in [1.165, 1.54) is 6.07 Å². The van der Waals surface area contributed by atoms with E-state index < -0.39 is 17.0 Å². The van der Waals surface area contributed by atoms with Gasteiger partial charge in [-0.2, -0.15) is 5.26 Å². The molecule has 0 saturated heterocycles. The monoisotopic (exact) mass is 258 g/mol. The van der Waals surface area contributed by atoms with Crippen LogP contribution in [0.2, 0.25) is 0 Å². The highest BCUT2D eigenvalue weighted by molar-refractivity contribution is 5.34. The Kier molecular flexibility index (Phi) is 3.57. The van der Waals surface area contributed by atoms with Crippen LogP contribution in [-0.4, -0.2) is 4.98 Å². The third kappa shape index (κ3) is 2.76. The first-order valence-corrected chi connectivity index (χ1v) is 5.81. The summed E-state index contributed by atoms with van der Waals surface area (Å²) >= 11 is 0. The summed E-state index contributed by atoms with van der Waals surface area (Å²) in [6.45, 7) is 1.70. The van der Waals surface area contributed by atoms with Crippen molar-refractivity contribution in [2.24, 2.45) is 0 Å². The summed E-state index contributed by atoms with van der Waals surface area (Å²) in [7, 11) is 0. The summed E-state index contributed by atoms with van der Waals surface area (Å²) in [4.78, 5) is 3.98. The number of aromatic nitrogens is 1. The lowest BCUT2D eigenvalue weighted by atomic mass is 9.79. The maximum absolute atomic E-state index is 13.3. The van der Waals surface area contributed by atoms with E-state index in [-0.39, 0.29) is 0 Å². The van der Waals surface area contributed by atoms with Gasteiger partial charge in [0.2, 0.25) is 0 Å². The maximum atomic E-state index is 13.3. The topological polar surface area (TPSA) is 36.7 Å². The van der Waals surface area contributed by atoms with Crippen molar-refractivity contribution >= 4 is 0 Å². The van der Waals surface area contributed by atoms with E-state index in [2.05, 4.69) is 11.1 Å². The molecule has 0 saturated carbocycles. The normalized spacial score (nSPS) is 13.6. The fourth-order valence-electron chi connectivity index (χ4n) is 1.96. The Balaban J connectivity index is 2.37. The van der Waals surface area contributed by atoms with Crippen LogP contribution in [0.1, 0.15) is 18.1 Å². The quantitative estimate of drug-likeness (QED) is 0.846. The third-order valence-electron chi connectivity index (χ3n) is 3.08. The van der Waals surface area contributed by atoms with Crippen LogP contribution in [0.4, 0.5) is 8.78 Å². The van der Waals surface area contributed by atoms with Crippen molar-refractivity contribution in [1.82, 2.24) is 4.98 Å². The van der Waals surface area contributed by atoms with Gasteiger partial charge in [0.25, 0.3) is 0 Å². The molecule has 0 amide bonds. The second-order valence-corrected chi connectivity index (χ2v) is 4.61. The molecule has 1 heterocycles. The highest BCUT2D eigenvalue weighted by atomic mass is 19.2. The van der Waals surface area contributed by atoms with E-state index >= 15 is 0 Å². The number of rotatable bonds is 3. The molecular weight excluding hydrogens is 246 g/mol. The average Bonchev–Trinajstić information content (AvgIpc) is 2.43. The Morgan fingerprint density at radius 2 is 2.05 bits per heavy atom. The summed E-state index contributed by atoms with van der Waals surface area (Å²) in [5, 5.41) is 9.37. The molecule has 0 N–H and O–H groups in total. The van der Waals surface area contributed by atoms with Crippen LogP contribution < -0.4 is 0 Å². The van der Waals surface area contributed by atoms with Gasteiger partial charge in [-0.15, -0.1) is 0 Å².